The van der Waals surface area contributed by atoms with Crippen molar-refractivity contribution in [3.05, 3.63) is 30.6 Å². The maximum atomic E-state index is 12.3. The van der Waals surface area contributed by atoms with Gasteiger partial charge in [0.2, 0.25) is 21.9 Å². The number of aromatic amines is 1. The number of benzene rings is 1. The molecule has 0 saturated heterocycles. The van der Waals surface area contributed by atoms with E-state index in [1.165, 1.54) is 44.6 Å². The fourth-order valence-corrected chi connectivity index (χ4v) is 4.67. The number of nitrogens with one attached hydrogen (secondary N) is 3. The second-order valence-corrected chi connectivity index (χ2v) is 9.76. The second-order valence-electron chi connectivity index (χ2n) is 7.99. The molecule has 0 bridgehead atoms. The van der Waals surface area contributed by atoms with E-state index in [0.29, 0.717) is 22.7 Å². The van der Waals surface area contributed by atoms with Gasteiger partial charge in [0.1, 0.15) is 0 Å². The molecule has 1 fully saturated rings. The van der Waals surface area contributed by atoms with E-state index >= 15 is 0 Å². The largest absolute Gasteiger partial charge is 0.449 e. The number of aliphatic hydroxyl groups is 1. The molecule has 0 radical (unpaired) electrons. The molecule has 4 N–H and O–H groups in total. The molecule has 1 aromatic carbocycles. The molecule has 11 nitrogen and oxygen atoms in total. The fraction of sp³-hybridized carbons (Fsp3) is 0.476. The second kappa shape index (κ2) is 10.4. The van der Waals surface area contributed by atoms with Gasteiger partial charge in [0.15, 0.2) is 18.0 Å². The van der Waals surface area contributed by atoms with E-state index in [2.05, 4.69) is 30.0 Å². The Morgan fingerprint density at radius 3 is 2.67 bits per heavy atom. The molecule has 1 atom stereocenters. The number of ether oxygens (including phenoxy) is 2. The molecule has 3 aromatic rings. The van der Waals surface area contributed by atoms with E-state index < -0.39 is 16.1 Å². The standard InChI is InChI=1S/C21H28N6O5S/c1-14(28)11-24-33(29,30)17-9-7-15(8-10-17)25-21-26-19-18(22-12-23-19)20(27-21)32-13-31-16-5-3-2-4-6-16/h7-10,12,14,16,24,28H,2-6,11,13H2,1H3,(H2,22,23,25,26,27). The van der Waals surface area contributed by atoms with Gasteiger partial charge in [0, 0.05) is 12.2 Å². The predicted molar refractivity (Wildman–Crippen MR) is 122 cm³/mol. The zero-order chi connectivity index (χ0) is 23.3. The zero-order valence-corrected chi connectivity index (χ0v) is 19.1. The highest BCUT2D eigenvalue weighted by Crippen LogP contribution is 2.25. The van der Waals surface area contributed by atoms with Crippen molar-refractivity contribution in [2.75, 3.05) is 18.7 Å². The maximum absolute atomic E-state index is 12.3. The quantitative estimate of drug-likeness (QED) is 0.323. The van der Waals surface area contributed by atoms with Crippen molar-refractivity contribution in [2.45, 2.75) is 56.1 Å². The van der Waals surface area contributed by atoms with Gasteiger partial charge in [-0.1, -0.05) is 19.3 Å². The Labute approximate surface area is 192 Å². The van der Waals surface area contributed by atoms with Crippen molar-refractivity contribution in [1.82, 2.24) is 24.7 Å². The first kappa shape index (κ1) is 23.4. The van der Waals surface area contributed by atoms with Crippen LogP contribution in [0.5, 0.6) is 5.88 Å². The molecule has 1 saturated carbocycles. The molecule has 0 spiro atoms. The van der Waals surface area contributed by atoms with Crippen LogP contribution in [-0.4, -0.2) is 59.0 Å². The Bertz CT molecular complexity index is 1160. The Hall–Kier alpha value is -2.80. The minimum atomic E-state index is -3.71. The first-order valence-electron chi connectivity index (χ1n) is 10.9. The van der Waals surface area contributed by atoms with Crippen molar-refractivity contribution < 1.29 is 23.0 Å². The van der Waals surface area contributed by atoms with Gasteiger partial charge in [-0.3, -0.25) is 0 Å². The molecule has 1 unspecified atom stereocenters. The lowest BCUT2D eigenvalue weighted by atomic mass is 9.98. The Morgan fingerprint density at radius 2 is 1.94 bits per heavy atom. The first-order valence-corrected chi connectivity index (χ1v) is 12.4. The molecule has 2 heterocycles. The molecule has 178 valence electrons. The molecule has 1 aliphatic rings. The number of nitrogens with zero attached hydrogens (tertiary/aromatic N) is 3. The number of H-pyrrole nitrogens is 1. The van der Waals surface area contributed by atoms with Crippen LogP contribution in [0.4, 0.5) is 11.6 Å². The van der Waals surface area contributed by atoms with Crippen LogP contribution in [0.2, 0.25) is 0 Å². The normalized spacial score (nSPS) is 16.1. The number of aromatic nitrogens is 4. The van der Waals surface area contributed by atoms with Gasteiger partial charge < -0.3 is 24.9 Å². The van der Waals surface area contributed by atoms with Crippen LogP contribution in [-0.2, 0) is 14.8 Å². The van der Waals surface area contributed by atoms with E-state index in [9.17, 15) is 13.5 Å². The molecular weight excluding hydrogens is 448 g/mol. The highest BCUT2D eigenvalue weighted by atomic mass is 32.2. The summed E-state index contributed by atoms with van der Waals surface area (Å²) in [6.07, 6.45) is 6.62. The first-order chi connectivity index (χ1) is 15.9. The van der Waals surface area contributed by atoms with Crippen LogP contribution in [0.3, 0.4) is 0 Å². The van der Waals surface area contributed by atoms with Crippen LogP contribution in [0.25, 0.3) is 11.2 Å². The number of aliphatic hydroxyl groups excluding tert-OH is 1. The van der Waals surface area contributed by atoms with E-state index in [1.54, 1.807) is 12.1 Å². The van der Waals surface area contributed by atoms with E-state index in [0.717, 1.165) is 12.8 Å². The number of anilines is 2. The monoisotopic (exact) mass is 476 g/mol. The highest BCUT2D eigenvalue weighted by Gasteiger charge is 2.17. The smallest absolute Gasteiger partial charge is 0.249 e. The van der Waals surface area contributed by atoms with Crippen LogP contribution in [0, 0.1) is 0 Å². The summed E-state index contributed by atoms with van der Waals surface area (Å²) in [6.45, 7) is 1.52. The Balaban J connectivity index is 1.44. The molecular formula is C21H28N6O5S. The van der Waals surface area contributed by atoms with Crippen molar-refractivity contribution >= 4 is 32.8 Å². The third-order valence-electron chi connectivity index (χ3n) is 5.29. The van der Waals surface area contributed by atoms with E-state index in [1.807, 2.05) is 0 Å². The lowest BCUT2D eigenvalue weighted by Crippen LogP contribution is -2.30. The molecule has 0 aliphatic heterocycles. The molecule has 0 amide bonds. The lowest BCUT2D eigenvalue weighted by molar-refractivity contribution is -0.0507. The van der Waals surface area contributed by atoms with Crippen molar-refractivity contribution in [3.63, 3.8) is 0 Å². The number of fused-ring (bicyclic) bond motifs is 1. The summed E-state index contributed by atoms with van der Waals surface area (Å²) in [5, 5.41) is 12.3. The lowest BCUT2D eigenvalue weighted by Gasteiger charge is -2.21. The molecule has 1 aliphatic carbocycles. The molecule has 33 heavy (non-hydrogen) atoms. The number of sulfonamides is 1. The van der Waals surface area contributed by atoms with Gasteiger partial charge in [0.25, 0.3) is 0 Å². The third-order valence-corrected chi connectivity index (χ3v) is 6.73. The van der Waals surface area contributed by atoms with Gasteiger partial charge in [0.05, 0.1) is 23.4 Å². The highest BCUT2D eigenvalue weighted by molar-refractivity contribution is 7.89. The Morgan fingerprint density at radius 1 is 1.18 bits per heavy atom. The van der Waals surface area contributed by atoms with Gasteiger partial charge >= 0.3 is 0 Å². The van der Waals surface area contributed by atoms with E-state index in [-0.39, 0.29) is 30.3 Å². The van der Waals surface area contributed by atoms with Crippen molar-refractivity contribution in [3.8, 4) is 5.88 Å². The van der Waals surface area contributed by atoms with Gasteiger partial charge in [-0.15, -0.1) is 0 Å². The third kappa shape index (κ3) is 6.16. The van der Waals surface area contributed by atoms with Crippen LogP contribution in [0.15, 0.2) is 35.5 Å². The fourth-order valence-electron chi connectivity index (χ4n) is 3.54. The number of hydrogen-bond acceptors (Lipinski definition) is 9. The van der Waals surface area contributed by atoms with Gasteiger partial charge in [-0.05, 0) is 44.0 Å². The summed E-state index contributed by atoms with van der Waals surface area (Å²) < 4.78 is 38.5. The zero-order valence-electron chi connectivity index (χ0n) is 18.3. The van der Waals surface area contributed by atoms with Crippen LogP contribution >= 0.6 is 0 Å². The maximum Gasteiger partial charge on any atom is 0.249 e. The van der Waals surface area contributed by atoms with Crippen LogP contribution < -0.4 is 14.8 Å². The molecule has 4 rings (SSSR count). The number of rotatable bonds is 10. The number of imidazole rings is 1. The topological polar surface area (TPSA) is 151 Å². The average Bonchev–Trinajstić information content (AvgIpc) is 3.28. The summed E-state index contributed by atoms with van der Waals surface area (Å²) in [7, 11) is -3.71. The summed E-state index contributed by atoms with van der Waals surface area (Å²) in [4.78, 5) is 16.0. The number of hydrogen-bond donors (Lipinski definition) is 4. The minimum Gasteiger partial charge on any atom is -0.449 e. The summed E-state index contributed by atoms with van der Waals surface area (Å²) in [5.41, 5.74) is 1.59. The van der Waals surface area contributed by atoms with Crippen molar-refractivity contribution in [1.29, 1.82) is 0 Å². The molecule has 12 heteroatoms. The van der Waals surface area contributed by atoms with Gasteiger partial charge in [-0.25, -0.2) is 18.1 Å². The van der Waals surface area contributed by atoms with E-state index in [4.69, 9.17) is 9.47 Å². The average molecular weight is 477 g/mol. The minimum absolute atomic E-state index is 0.0619. The predicted octanol–water partition coefficient (Wildman–Crippen LogP) is 2.44. The Kier molecular flexibility index (Phi) is 7.38. The van der Waals surface area contributed by atoms with Gasteiger partial charge in [-0.2, -0.15) is 9.97 Å². The van der Waals surface area contributed by atoms with Crippen molar-refractivity contribution in [2.24, 2.45) is 0 Å². The summed E-state index contributed by atoms with van der Waals surface area (Å²) in [5.74, 6) is 0.559. The summed E-state index contributed by atoms with van der Waals surface area (Å²) in [6, 6.07) is 6.11. The molecule has 2 aromatic heterocycles. The SMILES string of the molecule is CC(O)CNS(=O)(=O)c1ccc(Nc2nc(OCOC3CCCCC3)c3nc[nH]c3n2)cc1. The van der Waals surface area contributed by atoms with Crippen LogP contribution in [0.1, 0.15) is 39.0 Å². The summed E-state index contributed by atoms with van der Waals surface area (Å²) >= 11 is 0.